The molecule has 1 aromatic carbocycles. The maximum Gasteiger partial charge on any atom is 0.240 e. The predicted octanol–water partition coefficient (Wildman–Crippen LogP) is 0.375. The highest BCUT2D eigenvalue weighted by molar-refractivity contribution is 7.89. The first-order valence-corrected chi connectivity index (χ1v) is 7.97. The van der Waals surface area contributed by atoms with E-state index in [1.807, 2.05) is 6.07 Å². The number of likely N-dealkylation sites (tertiary alicyclic amines) is 1. The van der Waals surface area contributed by atoms with Gasteiger partial charge >= 0.3 is 0 Å². The maximum atomic E-state index is 12.2. The molecule has 0 saturated carbocycles. The summed E-state index contributed by atoms with van der Waals surface area (Å²) < 4.78 is 27.0. The zero-order chi connectivity index (χ0) is 13.9. The third kappa shape index (κ3) is 3.76. The van der Waals surface area contributed by atoms with Gasteiger partial charge in [-0.25, -0.2) is 13.1 Å². The van der Waals surface area contributed by atoms with Crippen LogP contribution in [0.1, 0.15) is 12.0 Å². The van der Waals surface area contributed by atoms with Gasteiger partial charge in [-0.3, -0.25) is 0 Å². The van der Waals surface area contributed by atoms with E-state index in [1.165, 1.54) is 0 Å². The number of hydrogen-bond acceptors (Lipinski definition) is 4. The molecule has 19 heavy (non-hydrogen) atoms. The Labute approximate surface area is 114 Å². The second-order valence-electron chi connectivity index (χ2n) is 5.12. The molecule has 0 aliphatic carbocycles. The van der Waals surface area contributed by atoms with Crippen LogP contribution < -0.4 is 10.5 Å². The zero-order valence-electron chi connectivity index (χ0n) is 11.2. The van der Waals surface area contributed by atoms with Gasteiger partial charge in [0.1, 0.15) is 0 Å². The van der Waals surface area contributed by atoms with Gasteiger partial charge in [0.05, 0.1) is 4.90 Å². The van der Waals surface area contributed by atoms with Gasteiger partial charge in [0.25, 0.3) is 0 Å². The topological polar surface area (TPSA) is 75.4 Å². The van der Waals surface area contributed by atoms with E-state index >= 15 is 0 Å². The smallest absolute Gasteiger partial charge is 0.240 e. The molecule has 1 aliphatic rings. The first-order chi connectivity index (χ1) is 9.01. The number of benzene rings is 1. The van der Waals surface area contributed by atoms with E-state index in [2.05, 4.69) is 16.7 Å². The molecule has 106 valence electrons. The molecule has 1 saturated heterocycles. The van der Waals surface area contributed by atoms with Gasteiger partial charge in [-0.15, -0.1) is 0 Å². The number of rotatable bonds is 5. The Morgan fingerprint density at radius 3 is 2.89 bits per heavy atom. The van der Waals surface area contributed by atoms with Crippen LogP contribution in [0.3, 0.4) is 0 Å². The van der Waals surface area contributed by atoms with Crippen LogP contribution in [-0.2, 0) is 16.6 Å². The van der Waals surface area contributed by atoms with E-state index in [0.29, 0.717) is 23.9 Å². The van der Waals surface area contributed by atoms with E-state index < -0.39 is 10.0 Å². The quantitative estimate of drug-likeness (QED) is 0.819. The molecule has 2 rings (SSSR count). The molecule has 1 aromatic rings. The summed E-state index contributed by atoms with van der Waals surface area (Å²) in [5.41, 5.74) is 6.35. The number of nitrogens with one attached hydrogen (secondary N) is 1. The second kappa shape index (κ2) is 6.00. The third-order valence-corrected chi connectivity index (χ3v) is 4.92. The second-order valence-corrected chi connectivity index (χ2v) is 6.89. The molecule has 1 unspecified atom stereocenters. The molecule has 1 fully saturated rings. The van der Waals surface area contributed by atoms with Crippen molar-refractivity contribution in [3.8, 4) is 0 Å². The van der Waals surface area contributed by atoms with Crippen LogP contribution in [0.15, 0.2) is 29.2 Å². The first-order valence-electron chi connectivity index (χ1n) is 6.48. The van der Waals surface area contributed by atoms with E-state index in [1.54, 1.807) is 18.2 Å². The Kier molecular flexibility index (Phi) is 4.57. The standard InChI is InChI=1S/C13H21N3O2S/c1-16-6-5-12(10-16)9-15-19(17,18)13-4-2-3-11(7-13)8-14/h2-4,7,12,15H,5-6,8-10,14H2,1H3. The Morgan fingerprint density at radius 1 is 1.47 bits per heavy atom. The summed E-state index contributed by atoms with van der Waals surface area (Å²) in [6.07, 6.45) is 1.04. The zero-order valence-corrected chi connectivity index (χ0v) is 12.0. The highest BCUT2D eigenvalue weighted by Gasteiger charge is 2.22. The van der Waals surface area contributed by atoms with Gasteiger partial charge in [0, 0.05) is 19.6 Å². The van der Waals surface area contributed by atoms with Crippen LogP contribution in [0.2, 0.25) is 0 Å². The SMILES string of the molecule is CN1CCC(CNS(=O)(=O)c2cccc(CN)c2)C1. The molecular weight excluding hydrogens is 262 g/mol. The average Bonchev–Trinajstić information content (AvgIpc) is 2.82. The molecule has 1 heterocycles. The molecule has 1 aliphatic heterocycles. The molecule has 3 N–H and O–H groups in total. The minimum absolute atomic E-state index is 0.293. The molecular formula is C13H21N3O2S. The highest BCUT2D eigenvalue weighted by atomic mass is 32.2. The van der Waals surface area contributed by atoms with Gasteiger partial charge in [-0.05, 0) is 43.6 Å². The van der Waals surface area contributed by atoms with Crippen molar-refractivity contribution in [2.75, 3.05) is 26.7 Å². The van der Waals surface area contributed by atoms with E-state index in [-0.39, 0.29) is 0 Å². The van der Waals surface area contributed by atoms with Crippen LogP contribution in [0.25, 0.3) is 0 Å². The van der Waals surface area contributed by atoms with Gasteiger partial charge in [0.15, 0.2) is 0 Å². The molecule has 0 aromatic heterocycles. The molecule has 0 spiro atoms. The van der Waals surface area contributed by atoms with Crippen molar-refractivity contribution in [1.82, 2.24) is 9.62 Å². The van der Waals surface area contributed by atoms with Crippen molar-refractivity contribution < 1.29 is 8.42 Å². The van der Waals surface area contributed by atoms with Crippen LogP contribution in [0.4, 0.5) is 0 Å². The molecule has 1 atom stereocenters. The Morgan fingerprint density at radius 2 is 2.26 bits per heavy atom. The normalized spacial score (nSPS) is 20.8. The fourth-order valence-corrected chi connectivity index (χ4v) is 3.53. The molecule has 6 heteroatoms. The van der Waals surface area contributed by atoms with Crippen molar-refractivity contribution in [1.29, 1.82) is 0 Å². The van der Waals surface area contributed by atoms with Crippen molar-refractivity contribution in [2.24, 2.45) is 11.7 Å². The largest absolute Gasteiger partial charge is 0.326 e. The monoisotopic (exact) mass is 283 g/mol. The lowest BCUT2D eigenvalue weighted by Gasteiger charge is -2.12. The van der Waals surface area contributed by atoms with Crippen LogP contribution >= 0.6 is 0 Å². The fraction of sp³-hybridized carbons (Fsp3) is 0.538. The summed E-state index contributed by atoms with van der Waals surface area (Å²) in [5, 5.41) is 0. The van der Waals surface area contributed by atoms with Crippen molar-refractivity contribution >= 4 is 10.0 Å². The van der Waals surface area contributed by atoms with Crippen molar-refractivity contribution in [3.05, 3.63) is 29.8 Å². The van der Waals surface area contributed by atoms with Crippen LogP contribution in [0.5, 0.6) is 0 Å². The highest BCUT2D eigenvalue weighted by Crippen LogP contribution is 2.15. The summed E-state index contributed by atoms with van der Waals surface area (Å²) >= 11 is 0. The fourth-order valence-electron chi connectivity index (χ4n) is 2.34. The lowest BCUT2D eigenvalue weighted by atomic mass is 10.1. The Bertz CT molecular complexity index is 530. The number of nitrogens with zero attached hydrogens (tertiary/aromatic N) is 1. The molecule has 0 amide bonds. The lowest BCUT2D eigenvalue weighted by Crippen LogP contribution is -2.30. The van der Waals surface area contributed by atoms with E-state index in [0.717, 1.165) is 25.1 Å². The summed E-state index contributed by atoms with van der Waals surface area (Å²) in [6, 6.07) is 6.77. The minimum atomic E-state index is -3.42. The lowest BCUT2D eigenvalue weighted by molar-refractivity contribution is 0.394. The number of hydrogen-bond donors (Lipinski definition) is 2. The summed E-state index contributed by atoms with van der Waals surface area (Å²) in [5.74, 6) is 0.400. The van der Waals surface area contributed by atoms with E-state index in [9.17, 15) is 8.42 Å². The Hall–Kier alpha value is -0.950. The predicted molar refractivity (Wildman–Crippen MR) is 75.1 cm³/mol. The maximum absolute atomic E-state index is 12.2. The van der Waals surface area contributed by atoms with Crippen LogP contribution in [0, 0.1) is 5.92 Å². The van der Waals surface area contributed by atoms with Gasteiger partial charge in [-0.2, -0.15) is 0 Å². The average molecular weight is 283 g/mol. The minimum Gasteiger partial charge on any atom is -0.326 e. The van der Waals surface area contributed by atoms with Crippen LogP contribution in [-0.4, -0.2) is 40.0 Å². The first kappa shape index (κ1) is 14.5. The molecule has 5 nitrogen and oxygen atoms in total. The van der Waals surface area contributed by atoms with Crippen molar-refractivity contribution in [3.63, 3.8) is 0 Å². The van der Waals surface area contributed by atoms with Crippen molar-refractivity contribution in [2.45, 2.75) is 17.9 Å². The van der Waals surface area contributed by atoms with Gasteiger partial charge < -0.3 is 10.6 Å². The summed E-state index contributed by atoms with van der Waals surface area (Å²) in [4.78, 5) is 2.51. The van der Waals surface area contributed by atoms with Gasteiger partial charge in [-0.1, -0.05) is 12.1 Å². The third-order valence-electron chi connectivity index (χ3n) is 3.50. The summed E-state index contributed by atoms with van der Waals surface area (Å²) in [7, 11) is -1.37. The molecule has 0 radical (unpaired) electrons. The number of sulfonamides is 1. The van der Waals surface area contributed by atoms with E-state index in [4.69, 9.17) is 5.73 Å². The Balaban J connectivity index is 2.01. The summed E-state index contributed by atoms with van der Waals surface area (Å²) in [6.45, 7) is 2.83. The number of nitrogens with two attached hydrogens (primary N) is 1. The van der Waals surface area contributed by atoms with Gasteiger partial charge in [0.2, 0.25) is 10.0 Å². The molecule has 0 bridgehead atoms.